The van der Waals surface area contributed by atoms with Gasteiger partial charge in [0.05, 0.1) is 0 Å². The minimum absolute atomic E-state index is 0. The smallest absolute Gasteiger partial charge is 0.226 e. The lowest BCUT2D eigenvalue weighted by atomic mass is 9.72. The van der Waals surface area contributed by atoms with Crippen LogP contribution in [0.4, 0.5) is 11.4 Å². The third-order valence-corrected chi connectivity index (χ3v) is 8.14. The van der Waals surface area contributed by atoms with Crippen LogP contribution in [0, 0.1) is 11.3 Å². The van der Waals surface area contributed by atoms with Gasteiger partial charge in [0.15, 0.2) is 0 Å². The van der Waals surface area contributed by atoms with Crippen LogP contribution < -0.4 is 9.80 Å². The number of nitrogens with zero attached hydrogens (tertiary/aromatic N) is 3. The lowest BCUT2D eigenvalue weighted by molar-refractivity contribution is -0.119. The molecule has 34 heavy (non-hydrogen) atoms. The largest absolute Gasteiger partial charge is 0.368 e. The Morgan fingerprint density at radius 2 is 1.76 bits per heavy atom. The predicted octanol–water partition coefficient (Wildman–Crippen LogP) is 6.78. The average molecular weight is 488 g/mol. The Balaban J connectivity index is 0.00000324. The van der Waals surface area contributed by atoms with Gasteiger partial charge >= 0.3 is 0 Å². The van der Waals surface area contributed by atoms with Gasteiger partial charge in [0.1, 0.15) is 0 Å². The van der Waals surface area contributed by atoms with Gasteiger partial charge < -0.3 is 9.80 Å². The first-order valence-corrected chi connectivity index (χ1v) is 13.5. The number of unbranched alkanes of at least 4 members (excludes halogenated alkanes) is 1. The maximum atomic E-state index is 12.6. The number of hydrogen-bond acceptors (Lipinski definition) is 3. The highest BCUT2D eigenvalue weighted by Crippen LogP contribution is 2.42. The topological polar surface area (TPSA) is 26.8 Å². The highest BCUT2D eigenvalue weighted by molar-refractivity contribution is 5.95. The summed E-state index contributed by atoms with van der Waals surface area (Å²) in [6.45, 7) is 16.0. The van der Waals surface area contributed by atoms with E-state index in [1.165, 1.54) is 42.6 Å². The van der Waals surface area contributed by atoms with Crippen molar-refractivity contribution in [1.82, 2.24) is 4.90 Å². The van der Waals surface area contributed by atoms with Gasteiger partial charge in [-0.25, -0.2) is 0 Å². The summed E-state index contributed by atoms with van der Waals surface area (Å²) in [4.78, 5) is 19.9. The Kier molecular flexibility index (Phi) is 9.51. The molecule has 1 aliphatic carbocycles. The van der Waals surface area contributed by atoms with Gasteiger partial charge in [-0.3, -0.25) is 9.69 Å². The van der Waals surface area contributed by atoms with Crippen molar-refractivity contribution in [3.05, 3.63) is 29.8 Å². The Bertz CT molecular complexity index is 851. The standard InChI is InChI=1S/C29H45N3O.ClH/c1-5-6-16-30-18-20-31(21-19-30)27-15-14-25(32-17-8-7-9-28(32)33)22-26(27)23-10-12-24(13-11-23)29(2,3)4;/h10,14-15,22,24H,5-9,11-13,16-21H2,1-4H3;1H. The first-order valence-electron chi connectivity index (χ1n) is 13.5. The molecule has 1 unspecified atom stereocenters. The zero-order valence-corrected chi connectivity index (χ0v) is 22.8. The number of piperidine rings is 1. The molecular formula is C29H46ClN3O. The lowest BCUT2D eigenvalue weighted by Crippen LogP contribution is -2.47. The van der Waals surface area contributed by atoms with Gasteiger partial charge in [0, 0.05) is 56.1 Å². The molecule has 4 rings (SSSR count). The molecule has 5 heteroatoms. The van der Waals surface area contributed by atoms with E-state index in [9.17, 15) is 4.79 Å². The molecule has 1 aromatic rings. The van der Waals surface area contributed by atoms with E-state index in [0.717, 1.165) is 70.0 Å². The van der Waals surface area contributed by atoms with Crippen molar-refractivity contribution >= 4 is 35.3 Å². The summed E-state index contributed by atoms with van der Waals surface area (Å²) < 4.78 is 0. The number of hydrogen-bond donors (Lipinski definition) is 0. The summed E-state index contributed by atoms with van der Waals surface area (Å²) in [6, 6.07) is 6.85. The van der Waals surface area contributed by atoms with Crippen molar-refractivity contribution in [2.45, 2.75) is 79.1 Å². The molecule has 0 bridgehead atoms. The first kappa shape index (κ1) is 27.1. The summed E-state index contributed by atoms with van der Waals surface area (Å²) >= 11 is 0. The van der Waals surface area contributed by atoms with Crippen molar-refractivity contribution in [1.29, 1.82) is 0 Å². The molecule has 0 saturated carbocycles. The summed E-state index contributed by atoms with van der Waals surface area (Å²) in [5.74, 6) is 1.04. The van der Waals surface area contributed by atoms with E-state index >= 15 is 0 Å². The van der Waals surface area contributed by atoms with Crippen LogP contribution in [0.15, 0.2) is 24.3 Å². The maximum absolute atomic E-state index is 12.6. The molecular weight excluding hydrogens is 442 g/mol. The summed E-state index contributed by atoms with van der Waals surface area (Å²) in [5, 5.41) is 0. The maximum Gasteiger partial charge on any atom is 0.226 e. The average Bonchev–Trinajstić information content (AvgIpc) is 2.83. The number of amides is 1. The second-order valence-electron chi connectivity index (χ2n) is 11.5. The van der Waals surface area contributed by atoms with Gasteiger partial charge in [-0.05, 0) is 80.2 Å². The molecule has 190 valence electrons. The van der Waals surface area contributed by atoms with E-state index in [1.807, 2.05) is 4.90 Å². The Morgan fingerprint density at radius 3 is 2.38 bits per heavy atom. The fourth-order valence-corrected chi connectivity index (χ4v) is 5.76. The highest BCUT2D eigenvalue weighted by Gasteiger charge is 2.29. The molecule has 0 N–H and O–H groups in total. The van der Waals surface area contributed by atoms with Gasteiger partial charge in [-0.2, -0.15) is 0 Å². The van der Waals surface area contributed by atoms with Gasteiger partial charge in [0.25, 0.3) is 0 Å². The van der Waals surface area contributed by atoms with Gasteiger partial charge in [0.2, 0.25) is 5.91 Å². The molecule has 4 nitrogen and oxygen atoms in total. The number of rotatable bonds is 6. The number of anilines is 2. The lowest BCUT2D eigenvalue weighted by Gasteiger charge is -2.38. The molecule has 1 atom stereocenters. The third kappa shape index (κ3) is 6.37. The molecule has 1 amide bonds. The predicted molar refractivity (Wildman–Crippen MR) is 148 cm³/mol. The highest BCUT2D eigenvalue weighted by atomic mass is 35.5. The summed E-state index contributed by atoms with van der Waals surface area (Å²) in [7, 11) is 0. The number of carbonyl (C=O) groups excluding carboxylic acids is 1. The third-order valence-electron chi connectivity index (χ3n) is 8.14. The van der Waals surface area contributed by atoms with Crippen LogP contribution in [0.5, 0.6) is 0 Å². The van der Waals surface area contributed by atoms with E-state index in [-0.39, 0.29) is 18.3 Å². The van der Waals surface area contributed by atoms with E-state index in [4.69, 9.17) is 0 Å². The molecule has 0 radical (unpaired) electrons. The summed E-state index contributed by atoms with van der Waals surface area (Å²) in [5.41, 5.74) is 5.70. The monoisotopic (exact) mass is 487 g/mol. The normalized spacial score (nSPS) is 22.4. The van der Waals surface area contributed by atoms with E-state index in [2.05, 4.69) is 61.8 Å². The van der Waals surface area contributed by atoms with Crippen LogP contribution in [0.2, 0.25) is 0 Å². The number of benzene rings is 1. The van der Waals surface area contributed by atoms with Gasteiger partial charge in [-0.1, -0.05) is 40.2 Å². The van der Waals surface area contributed by atoms with E-state index < -0.39 is 0 Å². The molecule has 2 aliphatic heterocycles. The minimum atomic E-state index is 0. The molecule has 2 fully saturated rings. The zero-order valence-electron chi connectivity index (χ0n) is 21.9. The van der Waals surface area contributed by atoms with Crippen LogP contribution in [-0.4, -0.2) is 50.1 Å². The molecule has 1 aromatic carbocycles. The number of allylic oxidation sites excluding steroid dienone is 2. The van der Waals surface area contributed by atoms with Crippen LogP contribution in [0.25, 0.3) is 5.57 Å². The Hall–Kier alpha value is -1.52. The second kappa shape index (κ2) is 11.9. The minimum Gasteiger partial charge on any atom is -0.368 e. The molecule has 2 heterocycles. The molecule has 2 saturated heterocycles. The fraction of sp³-hybridized carbons (Fsp3) is 0.690. The van der Waals surface area contributed by atoms with Crippen molar-refractivity contribution in [3.8, 4) is 0 Å². The fourth-order valence-electron chi connectivity index (χ4n) is 5.76. The SMILES string of the molecule is CCCCN1CCN(c2ccc(N3CCCCC3=O)cc2C2=CCC(C(C)(C)C)CC2)CC1.Cl. The van der Waals surface area contributed by atoms with Crippen LogP contribution in [0.1, 0.15) is 84.6 Å². The number of halogens is 1. The van der Waals surface area contributed by atoms with Crippen LogP contribution >= 0.6 is 12.4 Å². The molecule has 0 aromatic heterocycles. The molecule has 3 aliphatic rings. The Labute approximate surface area is 214 Å². The zero-order chi connectivity index (χ0) is 23.4. The van der Waals surface area contributed by atoms with Crippen molar-refractivity contribution in [3.63, 3.8) is 0 Å². The summed E-state index contributed by atoms with van der Waals surface area (Å²) in [6.07, 6.45) is 11.5. The van der Waals surface area contributed by atoms with Crippen molar-refractivity contribution in [2.75, 3.05) is 49.1 Å². The van der Waals surface area contributed by atoms with Gasteiger partial charge in [-0.15, -0.1) is 12.4 Å². The quantitative estimate of drug-likeness (QED) is 0.442. The first-order chi connectivity index (χ1) is 15.9. The van der Waals surface area contributed by atoms with Crippen LogP contribution in [-0.2, 0) is 4.79 Å². The second-order valence-corrected chi connectivity index (χ2v) is 11.5. The van der Waals surface area contributed by atoms with E-state index in [0.29, 0.717) is 11.8 Å². The van der Waals surface area contributed by atoms with E-state index in [1.54, 1.807) is 0 Å². The molecule has 0 spiro atoms. The number of piperazine rings is 1. The Morgan fingerprint density at radius 1 is 1.00 bits per heavy atom. The van der Waals surface area contributed by atoms with Crippen molar-refractivity contribution in [2.24, 2.45) is 11.3 Å². The number of carbonyl (C=O) groups is 1. The van der Waals surface area contributed by atoms with Crippen molar-refractivity contribution < 1.29 is 4.79 Å². The van der Waals surface area contributed by atoms with Crippen LogP contribution in [0.3, 0.4) is 0 Å².